The molecule has 0 amide bonds. The molecule has 0 radical (unpaired) electrons. The second-order valence-electron chi connectivity index (χ2n) is 5.20. The average Bonchev–Trinajstić information content (AvgIpc) is 2.25. The van der Waals surface area contributed by atoms with Gasteiger partial charge in [-0.05, 0) is 40.3 Å². The Morgan fingerprint density at radius 1 is 1.56 bits per heavy atom. The first-order valence-corrected chi connectivity index (χ1v) is 6.14. The summed E-state index contributed by atoms with van der Waals surface area (Å²) < 4.78 is 0. The zero-order valence-electron chi connectivity index (χ0n) is 11.0. The van der Waals surface area contributed by atoms with E-state index >= 15 is 0 Å². The van der Waals surface area contributed by atoms with Crippen LogP contribution in [0.4, 0.5) is 0 Å². The normalized spacial score (nSPS) is 32.5. The Morgan fingerprint density at radius 3 is 2.81 bits per heavy atom. The SMILES string of the molecule is C/C=C/C[C@H](O)[C@@]1(C)CCC=C[C@H]1N(C)C. The summed E-state index contributed by atoms with van der Waals surface area (Å²) in [5, 5.41) is 10.4. The summed E-state index contributed by atoms with van der Waals surface area (Å²) in [5.41, 5.74) is -0.0300. The maximum Gasteiger partial charge on any atom is 0.0646 e. The maximum atomic E-state index is 10.4. The Bertz CT molecular complexity index is 270. The van der Waals surface area contributed by atoms with Gasteiger partial charge in [0.25, 0.3) is 0 Å². The third-order valence-corrected chi connectivity index (χ3v) is 3.76. The number of rotatable bonds is 4. The van der Waals surface area contributed by atoms with Gasteiger partial charge in [-0.3, -0.25) is 0 Å². The molecule has 0 spiro atoms. The van der Waals surface area contributed by atoms with Gasteiger partial charge in [0.2, 0.25) is 0 Å². The molecule has 2 nitrogen and oxygen atoms in total. The maximum absolute atomic E-state index is 10.4. The monoisotopic (exact) mass is 223 g/mol. The molecule has 16 heavy (non-hydrogen) atoms. The van der Waals surface area contributed by atoms with Gasteiger partial charge < -0.3 is 10.0 Å². The smallest absolute Gasteiger partial charge is 0.0646 e. The van der Waals surface area contributed by atoms with Crippen LogP contribution in [0.2, 0.25) is 0 Å². The van der Waals surface area contributed by atoms with E-state index < -0.39 is 0 Å². The van der Waals surface area contributed by atoms with Gasteiger partial charge >= 0.3 is 0 Å². The lowest BCUT2D eigenvalue weighted by Crippen LogP contribution is -2.49. The van der Waals surface area contributed by atoms with Crippen LogP contribution in [0.5, 0.6) is 0 Å². The van der Waals surface area contributed by atoms with Gasteiger partial charge in [0, 0.05) is 11.5 Å². The van der Waals surface area contributed by atoms with Crippen LogP contribution in [0.3, 0.4) is 0 Å². The Kier molecular flexibility index (Phi) is 4.75. The van der Waals surface area contributed by atoms with Crippen molar-refractivity contribution in [2.45, 2.75) is 45.3 Å². The topological polar surface area (TPSA) is 23.5 Å². The minimum atomic E-state index is -0.263. The lowest BCUT2D eigenvalue weighted by Gasteiger charge is -2.45. The molecule has 2 heteroatoms. The molecule has 0 aliphatic heterocycles. The fourth-order valence-electron chi connectivity index (χ4n) is 2.65. The van der Waals surface area contributed by atoms with E-state index in [1.54, 1.807) is 0 Å². The van der Waals surface area contributed by atoms with Crippen molar-refractivity contribution in [1.82, 2.24) is 4.90 Å². The van der Waals surface area contributed by atoms with Crippen molar-refractivity contribution < 1.29 is 5.11 Å². The van der Waals surface area contributed by atoms with Gasteiger partial charge in [0.15, 0.2) is 0 Å². The number of hydrogen-bond acceptors (Lipinski definition) is 2. The number of allylic oxidation sites excluding steroid dienone is 2. The predicted octanol–water partition coefficient (Wildman–Crippen LogP) is 2.60. The van der Waals surface area contributed by atoms with Crippen molar-refractivity contribution in [2.24, 2.45) is 5.41 Å². The summed E-state index contributed by atoms with van der Waals surface area (Å²) in [5.74, 6) is 0. The molecule has 1 aliphatic rings. The molecule has 0 aromatic carbocycles. The minimum absolute atomic E-state index is 0.0300. The van der Waals surface area contributed by atoms with E-state index in [-0.39, 0.29) is 11.5 Å². The molecule has 1 N–H and O–H groups in total. The summed E-state index contributed by atoms with van der Waals surface area (Å²) in [7, 11) is 4.17. The Balaban J connectivity index is 2.82. The zero-order valence-corrected chi connectivity index (χ0v) is 11.0. The Labute approximate surface area is 99.7 Å². The Morgan fingerprint density at radius 2 is 2.25 bits per heavy atom. The van der Waals surface area contributed by atoms with Gasteiger partial charge in [-0.25, -0.2) is 0 Å². The zero-order chi connectivity index (χ0) is 12.2. The van der Waals surface area contributed by atoms with Crippen LogP contribution in [0.1, 0.15) is 33.1 Å². The minimum Gasteiger partial charge on any atom is -0.392 e. The van der Waals surface area contributed by atoms with Crippen LogP contribution in [-0.2, 0) is 0 Å². The summed E-state index contributed by atoms with van der Waals surface area (Å²) in [6.07, 6.45) is 11.2. The van der Waals surface area contributed by atoms with Gasteiger partial charge in [0.1, 0.15) is 0 Å². The molecule has 0 saturated heterocycles. The number of aliphatic hydroxyl groups excluding tert-OH is 1. The fourth-order valence-corrected chi connectivity index (χ4v) is 2.65. The molecule has 0 aromatic heterocycles. The van der Waals surface area contributed by atoms with Crippen LogP contribution in [0.15, 0.2) is 24.3 Å². The van der Waals surface area contributed by atoms with E-state index in [0.717, 1.165) is 19.3 Å². The largest absolute Gasteiger partial charge is 0.392 e. The molecule has 0 unspecified atom stereocenters. The molecule has 92 valence electrons. The van der Waals surface area contributed by atoms with Gasteiger partial charge in [0.05, 0.1) is 6.10 Å². The third kappa shape index (κ3) is 2.74. The van der Waals surface area contributed by atoms with Crippen molar-refractivity contribution in [3.63, 3.8) is 0 Å². The number of hydrogen-bond donors (Lipinski definition) is 1. The predicted molar refractivity (Wildman–Crippen MR) is 69.4 cm³/mol. The van der Waals surface area contributed by atoms with Crippen LogP contribution < -0.4 is 0 Å². The van der Waals surface area contributed by atoms with E-state index in [9.17, 15) is 5.11 Å². The highest BCUT2D eigenvalue weighted by molar-refractivity contribution is 5.10. The molecule has 0 bridgehead atoms. The van der Waals surface area contributed by atoms with Crippen molar-refractivity contribution in [2.75, 3.05) is 14.1 Å². The van der Waals surface area contributed by atoms with Crippen molar-refractivity contribution in [1.29, 1.82) is 0 Å². The fraction of sp³-hybridized carbons (Fsp3) is 0.714. The van der Waals surface area contributed by atoms with Crippen molar-refractivity contribution in [3.8, 4) is 0 Å². The quantitative estimate of drug-likeness (QED) is 0.741. The third-order valence-electron chi connectivity index (χ3n) is 3.76. The van der Waals surface area contributed by atoms with E-state index in [4.69, 9.17) is 0 Å². The van der Waals surface area contributed by atoms with Crippen LogP contribution >= 0.6 is 0 Å². The highest BCUT2D eigenvalue weighted by atomic mass is 16.3. The van der Waals surface area contributed by atoms with Gasteiger partial charge in [-0.15, -0.1) is 0 Å². The molecule has 0 aromatic rings. The number of likely N-dealkylation sites (N-methyl/N-ethyl adjacent to an activating group) is 1. The molecule has 0 saturated carbocycles. The summed E-state index contributed by atoms with van der Waals surface area (Å²) >= 11 is 0. The summed E-state index contributed by atoms with van der Waals surface area (Å²) in [6, 6.07) is 0.335. The summed E-state index contributed by atoms with van der Waals surface area (Å²) in [4.78, 5) is 2.20. The van der Waals surface area contributed by atoms with Crippen molar-refractivity contribution >= 4 is 0 Å². The van der Waals surface area contributed by atoms with E-state index in [1.807, 2.05) is 13.0 Å². The second-order valence-corrected chi connectivity index (χ2v) is 5.20. The van der Waals surface area contributed by atoms with E-state index in [1.165, 1.54) is 0 Å². The number of nitrogens with zero attached hydrogens (tertiary/aromatic N) is 1. The second kappa shape index (κ2) is 5.65. The lowest BCUT2D eigenvalue weighted by molar-refractivity contribution is -0.0126. The van der Waals surface area contributed by atoms with Gasteiger partial charge in [-0.2, -0.15) is 0 Å². The standard InChI is InChI=1S/C14H25NO/c1-5-6-10-13(16)14(2)11-8-7-9-12(14)15(3)4/h5-7,9,12-13,16H,8,10-11H2,1-4H3/b6-5+/t12-,13+,14+/m1/s1. The first kappa shape index (κ1) is 13.5. The van der Waals surface area contributed by atoms with Crippen LogP contribution in [-0.4, -0.2) is 36.2 Å². The van der Waals surface area contributed by atoms with Crippen molar-refractivity contribution in [3.05, 3.63) is 24.3 Å². The molecular weight excluding hydrogens is 198 g/mol. The highest BCUT2D eigenvalue weighted by Crippen LogP contribution is 2.39. The van der Waals surface area contributed by atoms with E-state index in [0.29, 0.717) is 6.04 Å². The van der Waals surface area contributed by atoms with E-state index in [2.05, 4.69) is 44.1 Å². The highest BCUT2D eigenvalue weighted by Gasteiger charge is 2.40. The Hall–Kier alpha value is -0.600. The molecule has 0 fully saturated rings. The molecule has 1 aliphatic carbocycles. The molecular formula is C14H25NO. The number of aliphatic hydroxyl groups is 1. The first-order chi connectivity index (χ1) is 7.52. The van der Waals surface area contributed by atoms with Gasteiger partial charge in [-0.1, -0.05) is 31.2 Å². The van der Waals surface area contributed by atoms with Crippen LogP contribution in [0.25, 0.3) is 0 Å². The lowest BCUT2D eigenvalue weighted by atomic mass is 9.69. The molecule has 3 atom stereocenters. The summed E-state index contributed by atoms with van der Waals surface area (Å²) in [6.45, 7) is 4.20. The van der Waals surface area contributed by atoms with Crippen LogP contribution in [0, 0.1) is 5.41 Å². The first-order valence-electron chi connectivity index (χ1n) is 6.14. The average molecular weight is 223 g/mol. The molecule has 0 heterocycles. The molecule has 1 rings (SSSR count).